The highest BCUT2D eigenvalue weighted by molar-refractivity contribution is 5.79. The molecule has 1 aliphatic rings. The Kier molecular flexibility index (Phi) is 4.54. The van der Waals surface area contributed by atoms with Gasteiger partial charge in [0.2, 0.25) is 0 Å². The molecule has 0 bridgehead atoms. The van der Waals surface area contributed by atoms with Gasteiger partial charge in [0.1, 0.15) is 5.54 Å². The van der Waals surface area contributed by atoms with Crippen molar-refractivity contribution >= 4 is 5.97 Å². The minimum atomic E-state index is -0.607. The second-order valence-electron chi connectivity index (χ2n) is 4.50. The summed E-state index contributed by atoms with van der Waals surface area (Å²) in [6.07, 6.45) is 3.07. The predicted molar refractivity (Wildman–Crippen MR) is 57.7 cm³/mol. The lowest BCUT2D eigenvalue weighted by Gasteiger charge is -2.28. The van der Waals surface area contributed by atoms with Crippen LogP contribution in [0.15, 0.2) is 0 Å². The summed E-state index contributed by atoms with van der Waals surface area (Å²) in [5.74, 6) is -0.215. The molecule has 88 valence electrons. The van der Waals surface area contributed by atoms with Crippen LogP contribution in [0.5, 0.6) is 0 Å². The molecule has 0 radical (unpaired) electrons. The van der Waals surface area contributed by atoms with Crippen LogP contribution in [-0.4, -0.2) is 37.9 Å². The maximum atomic E-state index is 11.5. The van der Waals surface area contributed by atoms with E-state index >= 15 is 0 Å². The van der Waals surface area contributed by atoms with Crippen molar-refractivity contribution in [2.45, 2.75) is 44.7 Å². The highest BCUT2D eigenvalue weighted by Crippen LogP contribution is 2.13. The fourth-order valence-electron chi connectivity index (χ4n) is 1.87. The number of esters is 1. The molecule has 0 aromatic carbocycles. The van der Waals surface area contributed by atoms with Crippen molar-refractivity contribution < 1.29 is 14.3 Å². The molecular weight excluding hydrogens is 194 g/mol. The summed E-state index contributed by atoms with van der Waals surface area (Å²) in [5, 5.41) is 3.33. The Morgan fingerprint density at radius 1 is 1.40 bits per heavy atom. The molecule has 1 unspecified atom stereocenters. The van der Waals surface area contributed by atoms with Crippen LogP contribution < -0.4 is 5.32 Å². The van der Waals surface area contributed by atoms with Crippen LogP contribution in [0.1, 0.15) is 33.1 Å². The molecule has 1 rings (SSSR count). The van der Waals surface area contributed by atoms with Gasteiger partial charge in [0.15, 0.2) is 0 Å². The summed E-state index contributed by atoms with van der Waals surface area (Å²) >= 11 is 0. The third kappa shape index (κ3) is 3.80. The summed E-state index contributed by atoms with van der Waals surface area (Å²) in [6.45, 7) is 5.31. The molecule has 0 saturated carbocycles. The Morgan fingerprint density at radius 3 is 2.80 bits per heavy atom. The van der Waals surface area contributed by atoms with Crippen molar-refractivity contribution in [2.75, 3.05) is 20.3 Å². The summed E-state index contributed by atoms with van der Waals surface area (Å²) in [7, 11) is 1.42. The minimum Gasteiger partial charge on any atom is -0.468 e. The first-order valence-corrected chi connectivity index (χ1v) is 5.50. The molecule has 0 aromatic heterocycles. The van der Waals surface area contributed by atoms with Gasteiger partial charge in [-0.1, -0.05) is 0 Å². The van der Waals surface area contributed by atoms with Crippen molar-refractivity contribution in [1.29, 1.82) is 0 Å². The summed E-state index contributed by atoms with van der Waals surface area (Å²) in [5.41, 5.74) is -0.607. The van der Waals surface area contributed by atoms with E-state index in [1.165, 1.54) is 7.11 Å². The molecule has 1 aliphatic heterocycles. The van der Waals surface area contributed by atoms with Gasteiger partial charge in [-0.25, -0.2) is 0 Å². The number of nitrogens with one attached hydrogen (secondary N) is 1. The zero-order valence-corrected chi connectivity index (χ0v) is 9.84. The summed E-state index contributed by atoms with van der Waals surface area (Å²) < 4.78 is 10.1. The van der Waals surface area contributed by atoms with E-state index in [2.05, 4.69) is 5.32 Å². The largest absolute Gasteiger partial charge is 0.468 e. The fourth-order valence-corrected chi connectivity index (χ4v) is 1.87. The van der Waals surface area contributed by atoms with Gasteiger partial charge in [-0.2, -0.15) is 0 Å². The lowest BCUT2D eigenvalue weighted by molar-refractivity contribution is -0.147. The van der Waals surface area contributed by atoms with Crippen LogP contribution in [0.3, 0.4) is 0 Å². The normalized spacial score (nSPS) is 23.3. The Bertz CT molecular complexity index is 208. The van der Waals surface area contributed by atoms with Crippen LogP contribution in [0, 0.1) is 0 Å². The highest BCUT2D eigenvalue weighted by Gasteiger charge is 2.31. The first-order valence-electron chi connectivity index (χ1n) is 5.50. The lowest BCUT2D eigenvalue weighted by atomic mass is 10.0. The van der Waals surface area contributed by atoms with E-state index in [9.17, 15) is 4.79 Å². The second kappa shape index (κ2) is 5.47. The van der Waals surface area contributed by atoms with Crippen LogP contribution in [0.25, 0.3) is 0 Å². The lowest BCUT2D eigenvalue weighted by Crippen LogP contribution is -2.52. The van der Waals surface area contributed by atoms with Crippen molar-refractivity contribution in [3.05, 3.63) is 0 Å². The van der Waals surface area contributed by atoms with Crippen molar-refractivity contribution in [3.63, 3.8) is 0 Å². The van der Waals surface area contributed by atoms with E-state index in [4.69, 9.17) is 9.47 Å². The molecule has 1 saturated heterocycles. The molecule has 1 atom stereocenters. The van der Waals surface area contributed by atoms with Gasteiger partial charge in [0.05, 0.1) is 7.11 Å². The number of carbonyl (C=O) groups excluding carboxylic acids is 1. The van der Waals surface area contributed by atoms with Gasteiger partial charge in [0.25, 0.3) is 0 Å². The Morgan fingerprint density at radius 2 is 2.13 bits per heavy atom. The van der Waals surface area contributed by atoms with E-state index < -0.39 is 5.54 Å². The molecule has 0 aromatic rings. The Labute approximate surface area is 91.3 Å². The second-order valence-corrected chi connectivity index (χ2v) is 4.50. The zero-order valence-electron chi connectivity index (χ0n) is 9.84. The Balaban J connectivity index is 2.47. The van der Waals surface area contributed by atoms with Gasteiger partial charge in [0, 0.05) is 19.3 Å². The summed E-state index contributed by atoms with van der Waals surface area (Å²) in [4.78, 5) is 11.5. The molecule has 0 aliphatic carbocycles. The van der Waals surface area contributed by atoms with E-state index in [1.54, 1.807) is 0 Å². The average Bonchev–Trinajstić information content (AvgIpc) is 2.44. The molecular formula is C11H21NO3. The number of ether oxygens (including phenoxy) is 2. The molecule has 1 N–H and O–H groups in total. The molecule has 4 heteroatoms. The van der Waals surface area contributed by atoms with E-state index in [-0.39, 0.29) is 5.97 Å². The minimum absolute atomic E-state index is 0.215. The number of hydrogen-bond acceptors (Lipinski definition) is 4. The number of hydrogen-bond donors (Lipinski definition) is 1. The number of carbonyl (C=O) groups is 1. The van der Waals surface area contributed by atoms with Gasteiger partial charge >= 0.3 is 5.97 Å². The third-order valence-corrected chi connectivity index (χ3v) is 2.71. The molecule has 0 amide bonds. The third-order valence-electron chi connectivity index (χ3n) is 2.71. The van der Waals surface area contributed by atoms with E-state index in [0.29, 0.717) is 6.04 Å². The van der Waals surface area contributed by atoms with E-state index in [0.717, 1.165) is 32.5 Å². The first kappa shape index (κ1) is 12.5. The maximum absolute atomic E-state index is 11.5. The SMILES string of the molecule is COC(=O)C(C)(C)NC1CCCOCC1. The topological polar surface area (TPSA) is 47.6 Å². The van der Waals surface area contributed by atoms with Gasteiger partial charge < -0.3 is 9.47 Å². The van der Waals surface area contributed by atoms with Crippen LogP contribution in [0.4, 0.5) is 0 Å². The fraction of sp³-hybridized carbons (Fsp3) is 0.909. The maximum Gasteiger partial charge on any atom is 0.325 e. The van der Waals surface area contributed by atoms with Crippen molar-refractivity contribution in [2.24, 2.45) is 0 Å². The van der Waals surface area contributed by atoms with Crippen LogP contribution in [-0.2, 0) is 14.3 Å². The quantitative estimate of drug-likeness (QED) is 0.716. The Hall–Kier alpha value is -0.610. The number of methoxy groups -OCH3 is 1. The van der Waals surface area contributed by atoms with Crippen molar-refractivity contribution in [3.8, 4) is 0 Å². The van der Waals surface area contributed by atoms with Gasteiger partial charge in [-0.05, 0) is 33.1 Å². The molecule has 0 spiro atoms. The molecule has 15 heavy (non-hydrogen) atoms. The highest BCUT2D eigenvalue weighted by atomic mass is 16.5. The average molecular weight is 215 g/mol. The summed E-state index contributed by atoms with van der Waals surface area (Å²) in [6, 6.07) is 0.349. The van der Waals surface area contributed by atoms with Crippen LogP contribution in [0.2, 0.25) is 0 Å². The van der Waals surface area contributed by atoms with Crippen LogP contribution >= 0.6 is 0 Å². The van der Waals surface area contributed by atoms with Gasteiger partial charge in [-0.15, -0.1) is 0 Å². The van der Waals surface area contributed by atoms with Crippen molar-refractivity contribution in [1.82, 2.24) is 5.32 Å². The van der Waals surface area contributed by atoms with E-state index in [1.807, 2.05) is 13.8 Å². The molecule has 1 heterocycles. The molecule has 4 nitrogen and oxygen atoms in total. The zero-order chi connectivity index (χ0) is 11.3. The molecule has 1 fully saturated rings. The monoisotopic (exact) mass is 215 g/mol. The van der Waals surface area contributed by atoms with Gasteiger partial charge in [-0.3, -0.25) is 10.1 Å². The number of rotatable bonds is 3. The smallest absolute Gasteiger partial charge is 0.325 e. The first-order chi connectivity index (χ1) is 7.06. The predicted octanol–water partition coefficient (Wildman–Crippen LogP) is 1.10. The standard InChI is InChI=1S/C11H21NO3/c1-11(2,10(13)14-3)12-9-5-4-7-15-8-6-9/h9,12H,4-8H2,1-3H3.